The van der Waals surface area contributed by atoms with Crippen molar-refractivity contribution in [2.24, 2.45) is 16.7 Å². The lowest BCUT2D eigenvalue weighted by Gasteiger charge is -2.65. The lowest BCUT2D eigenvalue weighted by atomic mass is 9.43. The van der Waals surface area contributed by atoms with E-state index in [-0.39, 0.29) is 0 Å². The molecule has 0 aliphatic heterocycles. The van der Waals surface area contributed by atoms with E-state index >= 15 is 0 Å². The Hall–Kier alpha value is -0.0400. The molecule has 1 heteroatoms. The molecule has 4 aliphatic carbocycles. The second kappa shape index (κ2) is 4.76. The van der Waals surface area contributed by atoms with Gasteiger partial charge in [-0.15, -0.1) is 0 Å². The van der Waals surface area contributed by atoms with Crippen LogP contribution in [0.15, 0.2) is 0 Å². The molecule has 2 unspecified atom stereocenters. The molecule has 0 heterocycles. The molecule has 110 valence electrons. The first-order chi connectivity index (χ1) is 8.97. The summed E-state index contributed by atoms with van der Waals surface area (Å²) in [6, 6.07) is 0. The predicted octanol–water partition coefficient (Wildman–Crippen LogP) is 4.91. The van der Waals surface area contributed by atoms with Gasteiger partial charge in [-0.05, 0) is 68.2 Å². The van der Waals surface area contributed by atoms with Gasteiger partial charge in [0.25, 0.3) is 0 Å². The molecule has 0 aromatic rings. The lowest BCUT2D eigenvalue weighted by molar-refractivity contribution is -0.117. The van der Waals surface area contributed by atoms with Crippen LogP contribution in [0.5, 0.6) is 0 Å². The van der Waals surface area contributed by atoms with Gasteiger partial charge in [0, 0.05) is 5.54 Å². The van der Waals surface area contributed by atoms with E-state index in [9.17, 15) is 0 Å². The first-order valence-corrected chi connectivity index (χ1v) is 8.72. The topological polar surface area (TPSA) is 12.0 Å². The Balaban J connectivity index is 1.61. The van der Waals surface area contributed by atoms with E-state index in [0.29, 0.717) is 16.4 Å². The Bertz CT molecular complexity index is 317. The van der Waals surface area contributed by atoms with Crippen LogP contribution in [-0.4, -0.2) is 12.1 Å². The molecule has 4 rings (SSSR count). The highest BCUT2D eigenvalue weighted by molar-refractivity contribution is 5.14. The van der Waals surface area contributed by atoms with Gasteiger partial charge in [-0.3, -0.25) is 0 Å². The Morgan fingerprint density at radius 1 is 0.895 bits per heavy atom. The molecule has 0 spiro atoms. The molecule has 0 amide bonds. The molecular formula is C18H33N. The summed E-state index contributed by atoms with van der Waals surface area (Å²) in [4.78, 5) is 0. The molecule has 4 bridgehead atoms. The average molecular weight is 263 g/mol. The van der Waals surface area contributed by atoms with Gasteiger partial charge < -0.3 is 5.32 Å². The Labute approximate surface area is 119 Å². The maximum atomic E-state index is 4.04. The van der Waals surface area contributed by atoms with E-state index in [2.05, 4.69) is 26.1 Å². The van der Waals surface area contributed by atoms with Crippen LogP contribution in [0.4, 0.5) is 0 Å². The second-order valence-corrected chi connectivity index (χ2v) is 8.90. The van der Waals surface area contributed by atoms with Crippen LogP contribution in [0, 0.1) is 16.7 Å². The van der Waals surface area contributed by atoms with Crippen LogP contribution in [-0.2, 0) is 0 Å². The van der Waals surface area contributed by atoms with Crippen LogP contribution in [0.2, 0.25) is 0 Å². The molecule has 0 radical (unpaired) electrons. The normalized spacial score (nSPS) is 47.8. The summed E-state index contributed by atoms with van der Waals surface area (Å²) in [6.45, 7) is 8.71. The molecular weight excluding hydrogens is 230 g/mol. The van der Waals surface area contributed by atoms with Crippen molar-refractivity contribution in [3.63, 3.8) is 0 Å². The van der Waals surface area contributed by atoms with Crippen molar-refractivity contribution in [1.82, 2.24) is 5.32 Å². The Morgan fingerprint density at radius 3 is 2.16 bits per heavy atom. The van der Waals surface area contributed by atoms with E-state index in [1.165, 1.54) is 70.8 Å². The van der Waals surface area contributed by atoms with Gasteiger partial charge in [-0.1, -0.05) is 40.0 Å². The fraction of sp³-hybridized carbons (Fsp3) is 1.00. The van der Waals surface area contributed by atoms with Gasteiger partial charge in [-0.2, -0.15) is 0 Å². The minimum absolute atomic E-state index is 0.523. The van der Waals surface area contributed by atoms with Gasteiger partial charge in [-0.25, -0.2) is 0 Å². The second-order valence-electron chi connectivity index (χ2n) is 8.90. The highest BCUT2D eigenvalue weighted by atomic mass is 15.0. The molecule has 1 N–H and O–H groups in total. The van der Waals surface area contributed by atoms with Gasteiger partial charge >= 0.3 is 0 Å². The summed E-state index contributed by atoms with van der Waals surface area (Å²) in [6.07, 6.45) is 14.5. The summed E-state index contributed by atoms with van der Waals surface area (Å²) in [5.74, 6) is 1.02. The molecule has 0 aromatic heterocycles. The molecule has 1 nitrogen and oxygen atoms in total. The molecule has 0 saturated heterocycles. The summed E-state index contributed by atoms with van der Waals surface area (Å²) < 4.78 is 0. The molecule has 4 saturated carbocycles. The van der Waals surface area contributed by atoms with Crippen molar-refractivity contribution >= 4 is 0 Å². The van der Waals surface area contributed by atoms with Crippen molar-refractivity contribution in [2.75, 3.05) is 6.54 Å². The molecule has 19 heavy (non-hydrogen) atoms. The van der Waals surface area contributed by atoms with Gasteiger partial charge in [0.2, 0.25) is 0 Å². The number of rotatable bonds is 6. The van der Waals surface area contributed by atoms with Crippen LogP contribution in [0.1, 0.15) is 85.0 Å². The SMILES string of the molecule is CCCCCCNC12CC3CC(C)(CC(C)(C3)C1)C2. The largest absolute Gasteiger partial charge is 0.311 e. The minimum atomic E-state index is 0.523. The fourth-order valence-electron chi connectivity index (χ4n) is 6.55. The monoisotopic (exact) mass is 263 g/mol. The minimum Gasteiger partial charge on any atom is -0.311 e. The third-order valence-corrected chi connectivity index (χ3v) is 6.16. The first kappa shape index (κ1) is 13.9. The van der Waals surface area contributed by atoms with E-state index in [1.807, 2.05) is 0 Å². The van der Waals surface area contributed by atoms with Crippen molar-refractivity contribution in [3.8, 4) is 0 Å². The summed E-state index contributed by atoms with van der Waals surface area (Å²) in [5.41, 5.74) is 1.84. The zero-order valence-electron chi connectivity index (χ0n) is 13.4. The third-order valence-electron chi connectivity index (χ3n) is 6.16. The van der Waals surface area contributed by atoms with Crippen molar-refractivity contribution < 1.29 is 0 Å². The van der Waals surface area contributed by atoms with Crippen molar-refractivity contribution in [3.05, 3.63) is 0 Å². The van der Waals surface area contributed by atoms with Gasteiger partial charge in [0.05, 0.1) is 0 Å². The number of nitrogens with one attached hydrogen (secondary N) is 1. The standard InChI is InChI=1S/C18H33N/c1-4-5-6-7-8-19-18-11-15-9-16(2,13-18)12-17(3,10-15)14-18/h15,19H,4-14H2,1-3H3. The summed E-state index contributed by atoms with van der Waals surface area (Å²) >= 11 is 0. The van der Waals surface area contributed by atoms with Crippen LogP contribution >= 0.6 is 0 Å². The van der Waals surface area contributed by atoms with E-state index in [0.717, 1.165) is 5.92 Å². The van der Waals surface area contributed by atoms with E-state index in [4.69, 9.17) is 0 Å². The smallest absolute Gasteiger partial charge is 0.0194 e. The molecule has 2 atom stereocenters. The van der Waals surface area contributed by atoms with Gasteiger partial charge in [0.1, 0.15) is 0 Å². The Morgan fingerprint density at radius 2 is 1.58 bits per heavy atom. The predicted molar refractivity (Wildman–Crippen MR) is 82.3 cm³/mol. The van der Waals surface area contributed by atoms with Crippen LogP contribution in [0.25, 0.3) is 0 Å². The van der Waals surface area contributed by atoms with Gasteiger partial charge in [0.15, 0.2) is 0 Å². The Kier molecular flexibility index (Phi) is 3.48. The third kappa shape index (κ3) is 2.73. The summed E-state index contributed by atoms with van der Waals surface area (Å²) in [7, 11) is 0. The zero-order valence-corrected chi connectivity index (χ0v) is 13.4. The van der Waals surface area contributed by atoms with Crippen molar-refractivity contribution in [2.45, 2.75) is 90.5 Å². The van der Waals surface area contributed by atoms with E-state index < -0.39 is 0 Å². The van der Waals surface area contributed by atoms with Crippen LogP contribution in [0.3, 0.4) is 0 Å². The quantitative estimate of drug-likeness (QED) is 0.672. The van der Waals surface area contributed by atoms with Crippen molar-refractivity contribution in [1.29, 1.82) is 0 Å². The first-order valence-electron chi connectivity index (χ1n) is 8.72. The summed E-state index contributed by atoms with van der Waals surface area (Å²) in [5, 5.41) is 4.04. The highest BCUT2D eigenvalue weighted by Gasteiger charge is 2.59. The van der Waals surface area contributed by atoms with E-state index in [1.54, 1.807) is 0 Å². The molecule has 4 aliphatic rings. The number of hydrogen-bond donors (Lipinski definition) is 1. The molecule has 0 aromatic carbocycles. The highest BCUT2D eigenvalue weighted by Crippen LogP contribution is 2.66. The number of hydrogen-bond acceptors (Lipinski definition) is 1. The zero-order chi connectivity index (χ0) is 13.6. The van der Waals surface area contributed by atoms with Crippen LogP contribution < -0.4 is 5.32 Å². The average Bonchev–Trinajstić information content (AvgIpc) is 2.23. The fourth-order valence-corrected chi connectivity index (χ4v) is 6.55. The lowest BCUT2D eigenvalue weighted by Crippen LogP contribution is -2.64. The maximum Gasteiger partial charge on any atom is 0.0194 e. The maximum absolute atomic E-state index is 4.04. The number of unbranched alkanes of at least 4 members (excludes halogenated alkanes) is 3. The molecule has 4 fully saturated rings.